The molecule has 8 heteroatoms. The number of urea groups is 1. The predicted molar refractivity (Wildman–Crippen MR) is 103 cm³/mol. The standard InChI is InChI=1S/C19H18N4O3S/c1-12-7-6-8-14(11-12)17-22-23-19(26-17)27-13(2)16(24)21-18(25)20-15-9-4-3-5-10-15/h3-11,13H,1-2H3,(H2,20,21,24,25). The van der Waals surface area contributed by atoms with Crippen LogP contribution in [-0.4, -0.2) is 27.4 Å². The third kappa shape index (κ3) is 5.18. The average Bonchev–Trinajstić information content (AvgIpc) is 3.11. The molecular formula is C19H18N4O3S. The Morgan fingerprint density at radius 1 is 1.07 bits per heavy atom. The number of amides is 3. The summed E-state index contributed by atoms with van der Waals surface area (Å²) in [6.07, 6.45) is 0. The number of carbonyl (C=O) groups excluding carboxylic acids is 2. The van der Waals surface area contributed by atoms with Crippen LogP contribution in [-0.2, 0) is 4.79 Å². The molecule has 0 aliphatic rings. The summed E-state index contributed by atoms with van der Waals surface area (Å²) in [5, 5.41) is 12.5. The minimum Gasteiger partial charge on any atom is -0.411 e. The molecule has 2 aromatic carbocycles. The number of hydrogen-bond acceptors (Lipinski definition) is 6. The SMILES string of the molecule is Cc1cccc(-c2nnc(SC(C)C(=O)NC(=O)Nc3ccccc3)o2)c1. The first kappa shape index (κ1) is 18.7. The number of thioether (sulfide) groups is 1. The zero-order chi connectivity index (χ0) is 19.2. The molecule has 1 heterocycles. The second-order valence-electron chi connectivity index (χ2n) is 5.81. The molecule has 138 valence electrons. The Kier molecular flexibility index (Phi) is 5.87. The van der Waals surface area contributed by atoms with Crippen LogP contribution < -0.4 is 10.6 Å². The molecule has 0 aliphatic heterocycles. The summed E-state index contributed by atoms with van der Waals surface area (Å²) >= 11 is 1.09. The highest BCUT2D eigenvalue weighted by Crippen LogP contribution is 2.26. The van der Waals surface area contributed by atoms with Crippen molar-refractivity contribution in [2.24, 2.45) is 0 Å². The summed E-state index contributed by atoms with van der Waals surface area (Å²) in [6.45, 7) is 3.63. The molecule has 0 radical (unpaired) electrons. The Morgan fingerprint density at radius 3 is 2.59 bits per heavy atom. The number of nitrogens with one attached hydrogen (secondary N) is 2. The van der Waals surface area contributed by atoms with Crippen LogP contribution >= 0.6 is 11.8 Å². The van der Waals surface area contributed by atoms with Crippen LogP contribution in [0.2, 0.25) is 0 Å². The van der Waals surface area contributed by atoms with Crippen molar-refractivity contribution >= 4 is 29.4 Å². The molecule has 3 amide bonds. The van der Waals surface area contributed by atoms with Crippen LogP contribution in [0.15, 0.2) is 64.2 Å². The lowest BCUT2D eigenvalue weighted by molar-refractivity contribution is -0.119. The van der Waals surface area contributed by atoms with E-state index in [1.54, 1.807) is 31.2 Å². The van der Waals surface area contributed by atoms with E-state index in [-0.39, 0.29) is 5.22 Å². The maximum atomic E-state index is 12.2. The highest BCUT2D eigenvalue weighted by atomic mass is 32.2. The maximum absolute atomic E-state index is 12.2. The van der Waals surface area contributed by atoms with Crippen molar-refractivity contribution in [1.29, 1.82) is 0 Å². The first-order valence-corrected chi connectivity index (χ1v) is 9.13. The molecule has 3 aromatic rings. The summed E-state index contributed by atoms with van der Waals surface area (Å²) in [7, 11) is 0. The lowest BCUT2D eigenvalue weighted by atomic mass is 10.1. The van der Waals surface area contributed by atoms with E-state index in [0.717, 1.165) is 22.9 Å². The Hall–Kier alpha value is -3.13. The number of carbonyl (C=O) groups is 2. The van der Waals surface area contributed by atoms with Gasteiger partial charge in [-0.3, -0.25) is 10.1 Å². The highest BCUT2D eigenvalue weighted by molar-refractivity contribution is 8.00. The number of anilines is 1. The Morgan fingerprint density at radius 2 is 1.85 bits per heavy atom. The van der Waals surface area contributed by atoms with Gasteiger partial charge in [-0.25, -0.2) is 4.79 Å². The number of benzene rings is 2. The molecule has 1 atom stereocenters. The molecule has 1 aromatic heterocycles. The van der Waals surface area contributed by atoms with E-state index >= 15 is 0 Å². The number of rotatable bonds is 5. The number of aromatic nitrogens is 2. The Labute approximate surface area is 160 Å². The summed E-state index contributed by atoms with van der Waals surface area (Å²) in [5.74, 6) is -0.0700. The first-order chi connectivity index (χ1) is 13.0. The van der Waals surface area contributed by atoms with Crippen LogP contribution in [0.3, 0.4) is 0 Å². The van der Waals surface area contributed by atoms with Gasteiger partial charge >= 0.3 is 6.03 Å². The average molecular weight is 382 g/mol. The molecule has 0 saturated heterocycles. The zero-order valence-electron chi connectivity index (χ0n) is 14.8. The van der Waals surface area contributed by atoms with E-state index in [1.165, 1.54) is 0 Å². The van der Waals surface area contributed by atoms with Gasteiger partial charge in [-0.1, -0.05) is 47.7 Å². The predicted octanol–water partition coefficient (Wildman–Crippen LogP) is 3.87. The quantitative estimate of drug-likeness (QED) is 0.650. The number of imide groups is 1. The summed E-state index contributed by atoms with van der Waals surface area (Å²) in [4.78, 5) is 24.1. The van der Waals surface area contributed by atoms with Gasteiger partial charge in [0.15, 0.2) is 0 Å². The van der Waals surface area contributed by atoms with Gasteiger partial charge in [-0.05, 0) is 38.1 Å². The minimum atomic E-state index is -0.593. The van der Waals surface area contributed by atoms with Crippen LogP contribution in [0.25, 0.3) is 11.5 Å². The van der Waals surface area contributed by atoms with Gasteiger partial charge in [-0.2, -0.15) is 0 Å². The zero-order valence-corrected chi connectivity index (χ0v) is 15.6. The van der Waals surface area contributed by atoms with E-state index in [2.05, 4.69) is 20.8 Å². The fraction of sp³-hybridized carbons (Fsp3) is 0.158. The molecule has 27 heavy (non-hydrogen) atoms. The van der Waals surface area contributed by atoms with Crippen molar-refractivity contribution in [2.75, 3.05) is 5.32 Å². The third-order valence-corrected chi connectivity index (χ3v) is 4.52. The second-order valence-corrected chi connectivity index (χ2v) is 7.10. The lowest BCUT2D eigenvalue weighted by Crippen LogP contribution is -2.38. The van der Waals surface area contributed by atoms with Gasteiger partial charge in [0.2, 0.25) is 11.8 Å². The van der Waals surface area contributed by atoms with E-state index < -0.39 is 17.2 Å². The molecule has 3 rings (SSSR count). The molecule has 7 nitrogen and oxygen atoms in total. The van der Waals surface area contributed by atoms with Gasteiger partial charge in [-0.15, -0.1) is 10.2 Å². The van der Waals surface area contributed by atoms with Gasteiger partial charge in [0.1, 0.15) is 0 Å². The monoisotopic (exact) mass is 382 g/mol. The summed E-state index contributed by atoms with van der Waals surface area (Å²) in [5.41, 5.74) is 2.49. The fourth-order valence-electron chi connectivity index (χ4n) is 2.25. The van der Waals surface area contributed by atoms with Crippen LogP contribution in [0.4, 0.5) is 10.5 Å². The molecular weight excluding hydrogens is 364 g/mol. The van der Waals surface area contributed by atoms with Gasteiger partial charge in [0.05, 0.1) is 5.25 Å². The van der Waals surface area contributed by atoms with Crippen molar-refractivity contribution in [2.45, 2.75) is 24.3 Å². The van der Waals surface area contributed by atoms with E-state index in [9.17, 15) is 9.59 Å². The van der Waals surface area contributed by atoms with E-state index in [1.807, 2.05) is 37.3 Å². The van der Waals surface area contributed by atoms with Crippen molar-refractivity contribution < 1.29 is 14.0 Å². The smallest absolute Gasteiger partial charge is 0.325 e. The molecule has 2 N–H and O–H groups in total. The molecule has 0 saturated carbocycles. The second kappa shape index (κ2) is 8.50. The fourth-order valence-corrected chi connectivity index (χ4v) is 2.94. The maximum Gasteiger partial charge on any atom is 0.325 e. The van der Waals surface area contributed by atoms with Gasteiger partial charge in [0.25, 0.3) is 5.22 Å². The van der Waals surface area contributed by atoms with Crippen LogP contribution in [0.1, 0.15) is 12.5 Å². The number of para-hydroxylation sites is 1. The van der Waals surface area contributed by atoms with E-state index in [4.69, 9.17) is 4.42 Å². The van der Waals surface area contributed by atoms with Crippen molar-refractivity contribution in [3.63, 3.8) is 0 Å². The van der Waals surface area contributed by atoms with Gasteiger partial charge in [0, 0.05) is 11.3 Å². The van der Waals surface area contributed by atoms with Crippen molar-refractivity contribution in [3.05, 3.63) is 60.2 Å². The number of hydrogen-bond donors (Lipinski definition) is 2. The summed E-state index contributed by atoms with van der Waals surface area (Å²) < 4.78 is 5.61. The van der Waals surface area contributed by atoms with Crippen molar-refractivity contribution in [1.82, 2.24) is 15.5 Å². The largest absolute Gasteiger partial charge is 0.411 e. The van der Waals surface area contributed by atoms with Gasteiger partial charge < -0.3 is 9.73 Å². The molecule has 1 unspecified atom stereocenters. The summed E-state index contributed by atoms with van der Waals surface area (Å²) in [6, 6.07) is 16.0. The number of aryl methyl sites for hydroxylation is 1. The Bertz CT molecular complexity index is 943. The normalized spacial score (nSPS) is 11.6. The molecule has 0 aliphatic carbocycles. The molecule has 0 bridgehead atoms. The van der Waals surface area contributed by atoms with E-state index in [0.29, 0.717) is 11.6 Å². The minimum absolute atomic E-state index is 0.262. The van der Waals surface area contributed by atoms with Crippen LogP contribution in [0.5, 0.6) is 0 Å². The highest BCUT2D eigenvalue weighted by Gasteiger charge is 2.20. The first-order valence-electron chi connectivity index (χ1n) is 8.25. The number of nitrogens with zero attached hydrogens (tertiary/aromatic N) is 2. The molecule has 0 fully saturated rings. The lowest BCUT2D eigenvalue weighted by Gasteiger charge is -2.10. The van der Waals surface area contributed by atoms with Crippen molar-refractivity contribution in [3.8, 4) is 11.5 Å². The third-order valence-electron chi connectivity index (χ3n) is 3.59. The topological polar surface area (TPSA) is 97.1 Å². The Balaban J connectivity index is 1.56. The molecule has 0 spiro atoms. The van der Waals surface area contributed by atoms with Crippen LogP contribution in [0, 0.1) is 6.92 Å².